The van der Waals surface area contributed by atoms with Gasteiger partial charge in [-0.15, -0.1) is 0 Å². The molecule has 78 valence electrons. The van der Waals surface area contributed by atoms with Gasteiger partial charge in [0.2, 0.25) is 0 Å². The van der Waals surface area contributed by atoms with Crippen LogP contribution in [-0.2, 0) is 4.74 Å². The van der Waals surface area contributed by atoms with Gasteiger partial charge in [-0.2, -0.15) is 0 Å². The lowest BCUT2D eigenvalue weighted by Crippen LogP contribution is -2.05. The quantitative estimate of drug-likeness (QED) is 0.557. The molecule has 1 aromatic rings. The van der Waals surface area contributed by atoms with E-state index in [1.165, 1.54) is 5.56 Å². The van der Waals surface area contributed by atoms with Gasteiger partial charge >= 0.3 is 0 Å². The summed E-state index contributed by atoms with van der Waals surface area (Å²) >= 11 is 0. The number of aryl methyl sites for hydroxylation is 1. The largest absolute Gasteiger partial charge is 0.399 e. The van der Waals surface area contributed by atoms with Gasteiger partial charge in [0, 0.05) is 31.6 Å². The van der Waals surface area contributed by atoms with Gasteiger partial charge < -0.3 is 15.8 Å². The van der Waals surface area contributed by atoms with E-state index in [1.54, 1.807) is 7.11 Å². The molecule has 0 aliphatic heterocycles. The molecule has 0 unspecified atom stereocenters. The molecule has 0 aromatic heterocycles. The normalized spacial score (nSPS) is 10.1. The maximum Gasteiger partial charge on any atom is 0.0479 e. The Balaban J connectivity index is 2.42. The van der Waals surface area contributed by atoms with Crippen molar-refractivity contribution in [2.45, 2.75) is 13.3 Å². The summed E-state index contributed by atoms with van der Waals surface area (Å²) in [5, 5.41) is 3.30. The molecule has 0 saturated heterocycles. The van der Waals surface area contributed by atoms with Crippen LogP contribution in [0.2, 0.25) is 0 Å². The lowest BCUT2D eigenvalue weighted by molar-refractivity contribution is 0.198. The second-order valence-electron chi connectivity index (χ2n) is 3.41. The van der Waals surface area contributed by atoms with E-state index in [9.17, 15) is 0 Å². The second-order valence-corrected chi connectivity index (χ2v) is 3.41. The van der Waals surface area contributed by atoms with Gasteiger partial charge in [0.1, 0.15) is 0 Å². The summed E-state index contributed by atoms with van der Waals surface area (Å²) in [5.41, 5.74) is 8.79. The summed E-state index contributed by atoms with van der Waals surface area (Å²) in [6.07, 6.45) is 1.00. The average Bonchev–Trinajstić information content (AvgIpc) is 2.11. The number of rotatable bonds is 5. The highest BCUT2D eigenvalue weighted by atomic mass is 16.5. The van der Waals surface area contributed by atoms with Crippen molar-refractivity contribution in [2.24, 2.45) is 0 Å². The SMILES string of the molecule is COCCCNc1cc(C)cc(N)c1. The van der Waals surface area contributed by atoms with Crippen LogP contribution >= 0.6 is 0 Å². The molecule has 14 heavy (non-hydrogen) atoms. The molecule has 0 saturated carbocycles. The molecule has 0 aliphatic rings. The van der Waals surface area contributed by atoms with Crippen molar-refractivity contribution in [1.29, 1.82) is 0 Å². The van der Waals surface area contributed by atoms with E-state index < -0.39 is 0 Å². The van der Waals surface area contributed by atoms with Crippen molar-refractivity contribution in [1.82, 2.24) is 0 Å². The minimum Gasteiger partial charge on any atom is -0.399 e. The van der Waals surface area contributed by atoms with Gasteiger partial charge in [0.15, 0.2) is 0 Å². The van der Waals surface area contributed by atoms with Crippen LogP contribution < -0.4 is 11.1 Å². The number of ether oxygens (including phenoxy) is 1. The first-order valence-corrected chi connectivity index (χ1v) is 4.82. The Morgan fingerprint density at radius 3 is 2.79 bits per heavy atom. The van der Waals surface area contributed by atoms with E-state index >= 15 is 0 Å². The van der Waals surface area contributed by atoms with Crippen LogP contribution in [-0.4, -0.2) is 20.3 Å². The van der Waals surface area contributed by atoms with Gasteiger partial charge in [0.05, 0.1) is 0 Å². The zero-order valence-electron chi connectivity index (χ0n) is 8.84. The van der Waals surface area contributed by atoms with E-state index in [-0.39, 0.29) is 0 Å². The third-order valence-corrected chi connectivity index (χ3v) is 1.95. The van der Waals surface area contributed by atoms with Crippen molar-refractivity contribution in [2.75, 3.05) is 31.3 Å². The van der Waals surface area contributed by atoms with Crippen LogP contribution in [0.3, 0.4) is 0 Å². The summed E-state index contributed by atoms with van der Waals surface area (Å²) in [4.78, 5) is 0. The molecular formula is C11H18N2O. The van der Waals surface area contributed by atoms with Gasteiger partial charge in [-0.25, -0.2) is 0 Å². The molecule has 0 bridgehead atoms. The maximum absolute atomic E-state index is 5.73. The van der Waals surface area contributed by atoms with Crippen LogP contribution in [0.1, 0.15) is 12.0 Å². The van der Waals surface area contributed by atoms with E-state index in [4.69, 9.17) is 10.5 Å². The summed E-state index contributed by atoms with van der Waals surface area (Å²) in [5.74, 6) is 0. The van der Waals surface area contributed by atoms with Crippen molar-refractivity contribution in [3.05, 3.63) is 23.8 Å². The second kappa shape index (κ2) is 5.50. The Bertz CT molecular complexity index is 266. The summed E-state index contributed by atoms with van der Waals surface area (Å²) in [6, 6.07) is 5.99. The number of benzene rings is 1. The fourth-order valence-electron chi connectivity index (χ4n) is 1.36. The molecular weight excluding hydrogens is 176 g/mol. The van der Waals surface area contributed by atoms with Crippen molar-refractivity contribution in [3.63, 3.8) is 0 Å². The van der Waals surface area contributed by atoms with Gasteiger partial charge in [0.25, 0.3) is 0 Å². The smallest absolute Gasteiger partial charge is 0.0479 e. The lowest BCUT2D eigenvalue weighted by Gasteiger charge is -2.07. The predicted octanol–water partition coefficient (Wildman–Crippen LogP) is 2.03. The molecule has 0 heterocycles. The van der Waals surface area contributed by atoms with E-state index in [2.05, 4.69) is 11.4 Å². The molecule has 1 aromatic carbocycles. The lowest BCUT2D eigenvalue weighted by atomic mass is 10.2. The zero-order chi connectivity index (χ0) is 10.4. The fourth-order valence-corrected chi connectivity index (χ4v) is 1.36. The molecule has 0 atom stereocenters. The van der Waals surface area contributed by atoms with Crippen LogP contribution in [0.15, 0.2) is 18.2 Å². The molecule has 0 spiro atoms. The summed E-state index contributed by atoms with van der Waals surface area (Å²) in [6.45, 7) is 3.74. The maximum atomic E-state index is 5.73. The van der Waals surface area contributed by atoms with Crippen LogP contribution in [0, 0.1) is 6.92 Å². The topological polar surface area (TPSA) is 47.3 Å². The van der Waals surface area contributed by atoms with Gasteiger partial charge in [-0.05, 0) is 37.1 Å². The molecule has 0 fully saturated rings. The standard InChI is InChI=1S/C11H18N2O/c1-9-6-10(12)8-11(7-9)13-4-3-5-14-2/h6-8,13H,3-5,12H2,1-2H3. The van der Waals surface area contributed by atoms with Crippen LogP contribution in [0.25, 0.3) is 0 Å². The zero-order valence-corrected chi connectivity index (χ0v) is 8.84. The minimum absolute atomic E-state index is 0.786. The van der Waals surface area contributed by atoms with Gasteiger partial charge in [-0.3, -0.25) is 0 Å². The van der Waals surface area contributed by atoms with E-state index in [0.29, 0.717) is 0 Å². The minimum atomic E-state index is 0.786. The first kappa shape index (κ1) is 10.9. The molecule has 0 radical (unpaired) electrons. The number of hydrogen-bond acceptors (Lipinski definition) is 3. The summed E-state index contributed by atoms with van der Waals surface area (Å²) in [7, 11) is 1.71. The van der Waals surface area contributed by atoms with E-state index in [0.717, 1.165) is 30.9 Å². The highest BCUT2D eigenvalue weighted by molar-refractivity contribution is 5.56. The Kier molecular flexibility index (Phi) is 4.26. The number of hydrogen-bond donors (Lipinski definition) is 2. The van der Waals surface area contributed by atoms with Crippen molar-refractivity contribution >= 4 is 11.4 Å². The average molecular weight is 194 g/mol. The van der Waals surface area contributed by atoms with Gasteiger partial charge in [-0.1, -0.05) is 0 Å². The summed E-state index contributed by atoms with van der Waals surface area (Å²) < 4.78 is 4.96. The first-order chi connectivity index (χ1) is 6.72. The third kappa shape index (κ3) is 3.66. The monoisotopic (exact) mass is 194 g/mol. The number of nitrogen functional groups attached to an aromatic ring is 1. The molecule has 0 amide bonds. The molecule has 3 N–H and O–H groups in total. The van der Waals surface area contributed by atoms with Crippen molar-refractivity contribution < 1.29 is 4.74 Å². The Hall–Kier alpha value is -1.22. The Labute approximate surface area is 85.3 Å². The number of nitrogens with two attached hydrogens (primary N) is 1. The van der Waals surface area contributed by atoms with E-state index in [1.807, 2.05) is 19.1 Å². The first-order valence-electron chi connectivity index (χ1n) is 4.82. The number of nitrogens with one attached hydrogen (secondary N) is 1. The third-order valence-electron chi connectivity index (χ3n) is 1.95. The van der Waals surface area contributed by atoms with Crippen molar-refractivity contribution in [3.8, 4) is 0 Å². The highest BCUT2D eigenvalue weighted by Gasteiger charge is 1.94. The Morgan fingerprint density at radius 2 is 2.14 bits per heavy atom. The highest BCUT2D eigenvalue weighted by Crippen LogP contribution is 2.15. The molecule has 1 rings (SSSR count). The number of methoxy groups -OCH3 is 1. The van der Waals surface area contributed by atoms with Crippen LogP contribution in [0.4, 0.5) is 11.4 Å². The molecule has 3 heteroatoms. The predicted molar refractivity (Wildman–Crippen MR) is 60.6 cm³/mol. The fraction of sp³-hybridized carbons (Fsp3) is 0.455. The number of anilines is 2. The molecule has 0 aliphatic carbocycles. The Morgan fingerprint density at radius 1 is 1.36 bits per heavy atom. The molecule has 3 nitrogen and oxygen atoms in total. The van der Waals surface area contributed by atoms with Crippen LogP contribution in [0.5, 0.6) is 0 Å².